The van der Waals surface area contributed by atoms with Crippen LogP contribution in [0.4, 0.5) is 4.79 Å². The van der Waals surface area contributed by atoms with Crippen molar-refractivity contribution in [1.82, 2.24) is 10.2 Å². The number of amides is 3. The number of nitrogens with one attached hydrogen (secondary N) is 1. The van der Waals surface area contributed by atoms with Crippen molar-refractivity contribution in [2.24, 2.45) is 0 Å². The molecule has 0 saturated carbocycles. The highest BCUT2D eigenvalue weighted by Crippen LogP contribution is 2.32. The highest BCUT2D eigenvalue weighted by Gasteiger charge is 2.34. The maximum absolute atomic E-state index is 12.5. The number of ether oxygens (including phenoxy) is 1. The summed E-state index contributed by atoms with van der Waals surface area (Å²) in [6.07, 6.45) is 1.65. The van der Waals surface area contributed by atoms with E-state index in [4.69, 9.17) is 16.3 Å². The zero-order chi connectivity index (χ0) is 20.1. The van der Waals surface area contributed by atoms with E-state index in [1.807, 2.05) is 0 Å². The van der Waals surface area contributed by atoms with Gasteiger partial charge in [0.25, 0.3) is 17.1 Å². The van der Waals surface area contributed by atoms with Crippen LogP contribution < -0.4 is 10.1 Å². The van der Waals surface area contributed by atoms with Gasteiger partial charge >= 0.3 is 0 Å². The molecule has 0 unspecified atom stereocenters. The van der Waals surface area contributed by atoms with Gasteiger partial charge in [0, 0.05) is 23.7 Å². The van der Waals surface area contributed by atoms with Crippen LogP contribution in [0, 0.1) is 0 Å². The van der Waals surface area contributed by atoms with Gasteiger partial charge in [0.15, 0.2) is 0 Å². The van der Waals surface area contributed by atoms with E-state index in [0.29, 0.717) is 21.2 Å². The van der Waals surface area contributed by atoms with Gasteiger partial charge in [0.1, 0.15) is 5.75 Å². The largest absolute Gasteiger partial charge is 0.497 e. The average molecular weight is 417 g/mol. The maximum atomic E-state index is 12.5. The van der Waals surface area contributed by atoms with Crippen LogP contribution in [-0.4, -0.2) is 42.2 Å². The molecule has 3 rings (SSSR count). The Morgan fingerprint density at radius 2 is 1.82 bits per heavy atom. The molecule has 0 spiro atoms. The second-order valence-electron chi connectivity index (χ2n) is 5.87. The molecule has 0 aliphatic carbocycles. The average Bonchev–Trinajstić information content (AvgIpc) is 2.97. The Kier molecular flexibility index (Phi) is 6.38. The van der Waals surface area contributed by atoms with E-state index in [0.717, 1.165) is 22.2 Å². The molecule has 0 radical (unpaired) electrons. The maximum Gasteiger partial charge on any atom is 0.293 e. The van der Waals surface area contributed by atoms with Gasteiger partial charge in [0.2, 0.25) is 0 Å². The third kappa shape index (κ3) is 4.74. The van der Waals surface area contributed by atoms with Crippen LogP contribution in [0.2, 0.25) is 5.02 Å². The Balaban J connectivity index is 1.57. The summed E-state index contributed by atoms with van der Waals surface area (Å²) >= 11 is 6.73. The normalized spacial score (nSPS) is 15.2. The fraction of sp³-hybridized carbons (Fsp3) is 0.150. The molecule has 0 aromatic heterocycles. The number of benzene rings is 2. The number of imide groups is 1. The summed E-state index contributed by atoms with van der Waals surface area (Å²) < 4.78 is 5.05. The lowest BCUT2D eigenvalue weighted by Gasteiger charge is -2.13. The Labute approximate surface area is 171 Å². The van der Waals surface area contributed by atoms with Crippen LogP contribution in [-0.2, 0) is 4.79 Å². The summed E-state index contributed by atoms with van der Waals surface area (Å²) in [6.45, 7) is 0.266. The molecule has 144 valence electrons. The number of halogens is 1. The molecule has 3 amide bonds. The van der Waals surface area contributed by atoms with E-state index >= 15 is 0 Å². The van der Waals surface area contributed by atoms with Crippen molar-refractivity contribution in [3.8, 4) is 5.75 Å². The van der Waals surface area contributed by atoms with E-state index in [-0.39, 0.29) is 30.1 Å². The van der Waals surface area contributed by atoms with Crippen molar-refractivity contribution in [1.29, 1.82) is 0 Å². The first-order chi connectivity index (χ1) is 13.5. The zero-order valence-corrected chi connectivity index (χ0v) is 16.5. The molecule has 1 fully saturated rings. The van der Waals surface area contributed by atoms with Crippen molar-refractivity contribution in [3.05, 3.63) is 69.6 Å². The van der Waals surface area contributed by atoms with Crippen molar-refractivity contribution < 1.29 is 19.1 Å². The molecule has 28 heavy (non-hydrogen) atoms. The minimum atomic E-state index is -0.372. The molecule has 2 aromatic rings. The predicted molar refractivity (Wildman–Crippen MR) is 109 cm³/mol. The molecule has 8 heteroatoms. The predicted octanol–water partition coefficient (Wildman–Crippen LogP) is 3.81. The number of carbonyl (C=O) groups excluding carboxylic acids is 3. The van der Waals surface area contributed by atoms with Crippen molar-refractivity contribution in [3.63, 3.8) is 0 Å². The number of methoxy groups -OCH3 is 1. The first-order valence-electron chi connectivity index (χ1n) is 8.41. The third-order valence-electron chi connectivity index (χ3n) is 4.01. The summed E-state index contributed by atoms with van der Waals surface area (Å²) in [7, 11) is 1.55. The molecule has 0 atom stereocenters. The van der Waals surface area contributed by atoms with Gasteiger partial charge < -0.3 is 10.1 Å². The Hall–Kier alpha value is -2.77. The van der Waals surface area contributed by atoms with Gasteiger partial charge in [-0.3, -0.25) is 19.3 Å². The Bertz CT molecular complexity index is 926. The van der Waals surface area contributed by atoms with Crippen LogP contribution in [0.15, 0.2) is 53.4 Å². The highest BCUT2D eigenvalue weighted by molar-refractivity contribution is 8.18. The second-order valence-corrected chi connectivity index (χ2v) is 7.30. The minimum Gasteiger partial charge on any atom is -0.497 e. The summed E-state index contributed by atoms with van der Waals surface area (Å²) in [5, 5.41) is 2.94. The lowest BCUT2D eigenvalue weighted by Crippen LogP contribution is -2.37. The first-order valence-corrected chi connectivity index (χ1v) is 9.60. The molecule has 6 nitrogen and oxygen atoms in total. The number of thioether (sulfide) groups is 1. The monoisotopic (exact) mass is 416 g/mol. The molecule has 1 aliphatic heterocycles. The first kappa shape index (κ1) is 20.0. The Morgan fingerprint density at radius 3 is 2.46 bits per heavy atom. The molecule has 1 heterocycles. The number of carbonyl (C=O) groups is 3. The van der Waals surface area contributed by atoms with Gasteiger partial charge in [0.05, 0.1) is 12.0 Å². The van der Waals surface area contributed by atoms with Gasteiger partial charge in [-0.05, 0) is 59.8 Å². The lowest BCUT2D eigenvalue weighted by molar-refractivity contribution is -0.122. The molecular weight excluding hydrogens is 400 g/mol. The number of hydrogen-bond donors (Lipinski definition) is 1. The van der Waals surface area contributed by atoms with Crippen LogP contribution in [0.5, 0.6) is 5.75 Å². The van der Waals surface area contributed by atoms with Gasteiger partial charge in [-0.15, -0.1) is 0 Å². The fourth-order valence-electron chi connectivity index (χ4n) is 2.53. The zero-order valence-electron chi connectivity index (χ0n) is 15.0. The highest BCUT2D eigenvalue weighted by atomic mass is 35.5. The van der Waals surface area contributed by atoms with E-state index in [2.05, 4.69) is 5.32 Å². The Morgan fingerprint density at radius 1 is 1.14 bits per heavy atom. The quantitative estimate of drug-likeness (QED) is 0.724. The summed E-state index contributed by atoms with van der Waals surface area (Å²) in [5.41, 5.74) is 1.25. The molecule has 1 aliphatic rings. The van der Waals surface area contributed by atoms with Crippen LogP contribution >= 0.6 is 23.4 Å². The van der Waals surface area contributed by atoms with E-state index < -0.39 is 0 Å². The SMILES string of the molecule is COc1ccc(C(=O)NCCN2C(=O)S/C(=C\c3ccc(Cl)cc3)C2=O)cc1. The van der Waals surface area contributed by atoms with Crippen LogP contribution in [0.3, 0.4) is 0 Å². The lowest BCUT2D eigenvalue weighted by atomic mass is 10.2. The molecule has 0 bridgehead atoms. The smallest absolute Gasteiger partial charge is 0.293 e. The summed E-state index contributed by atoms with van der Waals surface area (Å²) in [4.78, 5) is 38.2. The molecule has 1 saturated heterocycles. The molecular formula is C20H17ClN2O4S. The topological polar surface area (TPSA) is 75.7 Å². The standard InChI is InChI=1S/C20H17ClN2O4S/c1-27-16-8-4-14(5-9-16)18(24)22-10-11-23-19(25)17(28-20(23)26)12-13-2-6-15(21)7-3-13/h2-9,12H,10-11H2,1H3,(H,22,24)/b17-12-. The summed E-state index contributed by atoms with van der Waals surface area (Å²) in [5.74, 6) is -0.00295. The van der Waals surface area contributed by atoms with Gasteiger partial charge in [-0.1, -0.05) is 23.7 Å². The molecule has 2 aromatic carbocycles. The van der Waals surface area contributed by atoms with E-state index in [1.54, 1.807) is 61.7 Å². The summed E-state index contributed by atoms with van der Waals surface area (Å²) in [6, 6.07) is 13.6. The number of hydrogen-bond acceptors (Lipinski definition) is 5. The fourth-order valence-corrected chi connectivity index (χ4v) is 3.52. The number of rotatable bonds is 6. The van der Waals surface area contributed by atoms with Crippen molar-refractivity contribution in [2.75, 3.05) is 20.2 Å². The van der Waals surface area contributed by atoms with Crippen molar-refractivity contribution in [2.45, 2.75) is 0 Å². The van der Waals surface area contributed by atoms with Gasteiger partial charge in [-0.2, -0.15) is 0 Å². The van der Waals surface area contributed by atoms with Crippen LogP contribution in [0.25, 0.3) is 6.08 Å². The van der Waals surface area contributed by atoms with Crippen molar-refractivity contribution >= 4 is 46.5 Å². The second kappa shape index (κ2) is 8.95. The van der Waals surface area contributed by atoms with E-state index in [1.165, 1.54) is 0 Å². The number of nitrogens with zero attached hydrogens (tertiary/aromatic N) is 1. The van der Waals surface area contributed by atoms with E-state index in [9.17, 15) is 14.4 Å². The van der Waals surface area contributed by atoms with Gasteiger partial charge in [-0.25, -0.2) is 0 Å². The van der Waals surface area contributed by atoms with Crippen LogP contribution in [0.1, 0.15) is 15.9 Å². The minimum absolute atomic E-state index is 0.102. The third-order valence-corrected chi connectivity index (χ3v) is 5.17. The molecule has 1 N–H and O–H groups in total.